The molecule has 6 heteroatoms. The van der Waals surface area contributed by atoms with Crippen molar-refractivity contribution in [3.05, 3.63) is 57.0 Å². The van der Waals surface area contributed by atoms with Crippen molar-refractivity contribution in [2.24, 2.45) is 0 Å². The normalized spacial score (nSPS) is 10.9. The maximum atomic E-state index is 12.8. The van der Waals surface area contributed by atoms with Gasteiger partial charge in [-0.25, -0.2) is 0 Å². The Morgan fingerprint density at radius 3 is 2.64 bits per heavy atom. The minimum atomic E-state index is -0.0324. The number of halogens is 1. The third kappa shape index (κ3) is 2.50. The molecule has 0 aliphatic carbocycles. The number of nitrogens with one attached hydrogen (secondary N) is 1. The minimum Gasteiger partial charge on any atom is -0.420 e. The molecule has 3 aromatic rings. The van der Waals surface area contributed by atoms with E-state index in [1.807, 2.05) is 32.0 Å². The van der Waals surface area contributed by atoms with E-state index in [-0.39, 0.29) is 5.78 Å². The molecular formula is C16H14BrN3O2. The quantitative estimate of drug-likeness (QED) is 0.717. The van der Waals surface area contributed by atoms with Gasteiger partial charge >= 0.3 is 0 Å². The molecule has 0 spiro atoms. The van der Waals surface area contributed by atoms with Gasteiger partial charge in [-0.2, -0.15) is 0 Å². The summed E-state index contributed by atoms with van der Waals surface area (Å²) in [5.41, 5.74) is 3.56. The van der Waals surface area contributed by atoms with Gasteiger partial charge in [0.1, 0.15) is 5.69 Å². The van der Waals surface area contributed by atoms with E-state index >= 15 is 0 Å². The SMILES string of the molecule is Cc1nnc(-c2[nH]c(C)c(C(=O)c3cccc(Br)c3)c2C)o1. The van der Waals surface area contributed by atoms with Crippen LogP contribution in [0.5, 0.6) is 0 Å². The van der Waals surface area contributed by atoms with Gasteiger partial charge in [0.25, 0.3) is 5.89 Å². The van der Waals surface area contributed by atoms with Crippen LogP contribution in [0.4, 0.5) is 0 Å². The summed E-state index contributed by atoms with van der Waals surface area (Å²) in [6.07, 6.45) is 0. The summed E-state index contributed by atoms with van der Waals surface area (Å²) in [5.74, 6) is 0.850. The van der Waals surface area contributed by atoms with Crippen molar-refractivity contribution in [2.75, 3.05) is 0 Å². The zero-order valence-corrected chi connectivity index (χ0v) is 14.0. The Balaban J connectivity index is 2.08. The molecule has 0 radical (unpaired) electrons. The van der Waals surface area contributed by atoms with Crippen molar-refractivity contribution in [3.63, 3.8) is 0 Å². The molecule has 0 saturated carbocycles. The van der Waals surface area contributed by atoms with Crippen molar-refractivity contribution in [3.8, 4) is 11.6 Å². The highest BCUT2D eigenvalue weighted by Crippen LogP contribution is 2.28. The first-order valence-electron chi connectivity index (χ1n) is 6.77. The molecule has 2 heterocycles. The number of nitrogens with zero attached hydrogens (tertiary/aromatic N) is 2. The highest BCUT2D eigenvalue weighted by atomic mass is 79.9. The highest BCUT2D eigenvalue weighted by molar-refractivity contribution is 9.10. The third-order valence-electron chi connectivity index (χ3n) is 3.49. The van der Waals surface area contributed by atoms with E-state index in [0.717, 1.165) is 15.7 Å². The summed E-state index contributed by atoms with van der Waals surface area (Å²) in [6, 6.07) is 7.34. The Morgan fingerprint density at radius 2 is 2.00 bits per heavy atom. The number of carbonyl (C=O) groups is 1. The predicted octanol–water partition coefficient (Wildman–Crippen LogP) is 3.98. The second-order valence-electron chi connectivity index (χ2n) is 5.09. The first-order chi connectivity index (χ1) is 10.5. The van der Waals surface area contributed by atoms with Gasteiger partial charge in [-0.15, -0.1) is 10.2 Å². The first kappa shape index (κ1) is 14.7. The molecule has 1 N–H and O–H groups in total. The second kappa shape index (κ2) is 5.53. The van der Waals surface area contributed by atoms with Crippen LogP contribution in [-0.2, 0) is 0 Å². The fourth-order valence-electron chi connectivity index (χ4n) is 2.48. The monoisotopic (exact) mass is 359 g/mol. The molecule has 0 fully saturated rings. The van der Waals surface area contributed by atoms with E-state index in [9.17, 15) is 4.79 Å². The van der Waals surface area contributed by atoms with E-state index in [1.54, 1.807) is 13.0 Å². The number of carbonyl (C=O) groups excluding carboxylic acids is 1. The Morgan fingerprint density at radius 1 is 1.23 bits per heavy atom. The molecular weight excluding hydrogens is 346 g/mol. The molecule has 0 aliphatic heterocycles. The number of aromatic nitrogens is 3. The van der Waals surface area contributed by atoms with Crippen molar-refractivity contribution in [1.29, 1.82) is 0 Å². The molecule has 0 saturated heterocycles. The average molecular weight is 360 g/mol. The van der Waals surface area contributed by atoms with Gasteiger partial charge in [-0.05, 0) is 31.5 Å². The molecule has 5 nitrogen and oxygen atoms in total. The van der Waals surface area contributed by atoms with E-state index in [0.29, 0.717) is 28.6 Å². The zero-order valence-electron chi connectivity index (χ0n) is 12.4. The van der Waals surface area contributed by atoms with E-state index < -0.39 is 0 Å². The summed E-state index contributed by atoms with van der Waals surface area (Å²) in [7, 11) is 0. The Kier molecular flexibility index (Phi) is 3.70. The highest BCUT2D eigenvalue weighted by Gasteiger charge is 2.22. The number of aryl methyl sites for hydroxylation is 2. The molecule has 1 aromatic carbocycles. The van der Waals surface area contributed by atoms with E-state index in [2.05, 4.69) is 31.1 Å². The van der Waals surface area contributed by atoms with Gasteiger partial charge in [-0.3, -0.25) is 4.79 Å². The van der Waals surface area contributed by atoms with Gasteiger partial charge < -0.3 is 9.40 Å². The standard InChI is InChI=1S/C16H14BrN3O2/c1-8-13(15(21)11-5-4-6-12(17)7-11)9(2)18-14(8)16-20-19-10(3)22-16/h4-7,18H,1-3H3. The van der Waals surface area contributed by atoms with Crippen LogP contribution in [0.15, 0.2) is 33.2 Å². The Hall–Kier alpha value is -2.21. The fraction of sp³-hybridized carbons (Fsp3) is 0.188. The lowest BCUT2D eigenvalue weighted by atomic mass is 10.00. The van der Waals surface area contributed by atoms with Crippen LogP contribution in [0.2, 0.25) is 0 Å². The lowest BCUT2D eigenvalue weighted by Gasteiger charge is -2.03. The molecule has 2 aromatic heterocycles. The number of hydrogen-bond donors (Lipinski definition) is 1. The molecule has 0 unspecified atom stereocenters. The van der Waals surface area contributed by atoms with Gasteiger partial charge in [0.05, 0.1) is 0 Å². The molecule has 0 bridgehead atoms. The predicted molar refractivity (Wildman–Crippen MR) is 85.9 cm³/mol. The van der Waals surface area contributed by atoms with Crippen molar-refractivity contribution in [2.45, 2.75) is 20.8 Å². The minimum absolute atomic E-state index is 0.0324. The molecule has 3 rings (SSSR count). The van der Waals surface area contributed by atoms with Gasteiger partial charge in [0, 0.05) is 28.2 Å². The van der Waals surface area contributed by atoms with Crippen LogP contribution in [-0.4, -0.2) is 21.0 Å². The van der Waals surface area contributed by atoms with Crippen LogP contribution < -0.4 is 0 Å². The van der Waals surface area contributed by atoms with Crippen molar-refractivity contribution < 1.29 is 9.21 Å². The van der Waals surface area contributed by atoms with Gasteiger partial charge in [-0.1, -0.05) is 28.1 Å². The fourth-order valence-corrected chi connectivity index (χ4v) is 2.88. The number of rotatable bonds is 3. The number of hydrogen-bond acceptors (Lipinski definition) is 4. The average Bonchev–Trinajstić information content (AvgIpc) is 3.02. The van der Waals surface area contributed by atoms with Gasteiger partial charge in [0.15, 0.2) is 5.78 Å². The number of benzene rings is 1. The number of H-pyrrole nitrogens is 1. The largest absolute Gasteiger partial charge is 0.420 e. The lowest BCUT2D eigenvalue weighted by molar-refractivity contribution is 0.103. The maximum absolute atomic E-state index is 12.8. The van der Waals surface area contributed by atoms with E-state index in [1.165, 1.54) is 0 Å². The Labute approximate surface area is 135 Å². The van der Waals surface area contributed by atoms with Crippen molar-refractivity contribution >= 4 is 21.7 Å². The molecule has 22 heavy (non-hydrogen) atoms. The summed E-state index contributed by atoms with van der Waals surface area (Å²) >= 11 is 3.39. The number of ketones is 1. The molecule has 0 amide bonds. The third-order valence-corrected chi connectivity index (χ3v) is 3.98. The van der Waals surface area contributed by atoms with Crippen molar-refractivity contribution in [1.82, 2.24) is 15.2 Å². The van der Waals surface area contributed by atoms with Crippen LogP contribution in [0.25, 0.3) is 11.6 Å². The molecule has 0 aliphatic rings. The Bertz CT molecular complexity index is 864. The zero-order chi connectivity index (χ0) is 15.9. The summed E-state index contributed by atoms with van der Waals surface area (Å²) < 4.78 is 6.32. The summed E-state index contributed by atoms with van der Waals surface area (Å²) in [6.45, 7) is 5.48. The number of aromatic amines is 1. The molecule has 0 atom stereocenters. The van der Waals surface area contributed by atoms with Crippen LogP contribution in [0, 0.1) is 20.8 Å². The molecule has 112 valence electrons. The van der Waals surface area contributed by atoms with Gasteiger partial charge in [0.2, 0.25) is 5.89 Å². The van der Waals surface area contributed by atoms with E-state index in [4.69, 9.17) is 4.42 Å². The van der Waals surface area contributed by atoms with Crippen LogP contribution >= 0.6 is 15.9 Å². The maximum Gasteiger partial charge on any atom is 0.264 e. The summed E-state index contributed by atoms with van der Waals surface area (Å²) in [4.78, 5) is 16.0. The lowest BCUT2D eigenvalue weighted by Crippen LogP contribution is -2.03. The van der Waals surface area contributed by atoms with Crippen LogP contribution in [0.3, 0.4) is 0 Å². The second-order valence-corrected chi connectivity index (χ2v) is 6.01. The first-order valence-corrected chi connectivity index (χ1v) is 7.56. The van der Waals surface area contributed by atoms with Crippen LogP contribution in [0.1, 0.15) is 33.1 Å². The smallest absolute Gasteiger partial charge is 0.264 e. The summed E-state index contributed by atoms with van der Waals surface area (Å²) in [5, 5.41) is 7.84. The topological polar surface area (TPSA) is 71.8 Å².